The number of aryl methyl sites for hydroxylation is 1. The molecule has 0 amide bonds. The Kier molecular flexibility index (Phi) is 1.85. The molecule has 1 N–H and O–H groups in total. The zero-order chi connectivity index (χ0) is 10.5. The molecular weight excluding hydrogens is 182 g/mol. The number of fused-ring (bicyclic) bond motifs is 1. The topological polar surface area (TPSA) is 58.4 Å². The first-order valence-corrected chi connectivity index (χ1v) is 4.47. The lowest BCUT2D eigenvalue weighted by Crippen LogP contribution is -2.26. The Labute approximate surface area is 82.0 Å². The Balaban J connectivity index is 2.54. The van der Waals surface area contributed by atoms with Gasteiger partial charge in [-0.2, -0.15) is 0 Å². The van der Waals surface area contributed by atoms with Crippen LogP contribution in [0.4, 0.5) is 0 Å². The molecule has 5 heteroatoms. The van der Waals surface area contributed by atoms with Crippen LogP contribution in [0.5, 0.6) is 0 Å². The van der Waals surface area contributed by atoms with Crippen molar-refractivity contribution >= 4 is 5.97 Å². The van der Waals surface area contributed by atoms with Crippen molar-refractivity contribution in [2.24, 2.45) is 7.05 Å². The van der Waals surface area contributed by atoms with Gasteiger partial charge in [-0.05, 0) is 14.0 Å². The summed E-state index contributed by atoms with van der Waals surface area (Å²) in [7, 11) is 3.66. The van der Waals surface area contributed by atoms with E-state index in [0.717, 1.165) is 17.2 Å². The number of likely N-dealkylation sites (N-methyl/N-ethyl adjacent to an activating group) is 1. The van der Waals surface area contributed by atoms with Gasteiger partial charge in [-0.3, -0.25) is 9.69 Å². The zero-order valence-electron chi connectivity index (χ0n) is 8.48. The first kappa shape index (κ1) is 9.21. The van der Waals surface area contributed by atoms with Crippen LogP contribution in [0.2, 0.25) is 0 Å². The smallest absolute Gasteiger partial charge is 0.327 e. The molecule has 0 spiro atoms. The van der Waals surface area contributed by atoms with E-state index in [1.54, 1.807) is 11.9 Å². The van der Waals surface area contributed by atoms with Crippen molar-refractivity contribution in [3.8, 4) is 0 Å². The van der Waals surface area contributed by atoms with Crippen molar-refractivity contribution in [3.63, 3.8) is 0 Å². The van der Waals surface area contributed by atoms with Crippen molar-refractivity contribution in [3.05, 3.63) is 17.2 Å². The molecule has 0 bridgehead atoms. The van der Waals surface area contributed by atoms with Gasteiger partial charge in [-0.15, -0.1) is 0 Å². The third-order valence-electron chi connectivity index (χ3n) is 2.77. The summed E-state index contributed by atoms with van der Waals surface area (Å²) >= 11 is 0. The predicted octanol–water partition coefficient (Wildman–Crippen LogP) is 0.300. The van der Waals surface area contributed by atoms with Crippen LogP contribution in [0.15, 0.2) is 0 Å². The minimum absolute atomic E-state index is 0.545. The first-order chi connectivity index (χ1) is 6.52. The van der Waals surface area contributed by atoms with E-state index in [1.807, 2.05) is 18.5 Å². The number of carbonyl (C=O) groups is 1. The second kappa shape index (κ2) is 2.81. The van der Waals surface area contributed by atoms with Gasteiger partial charge in [0.25, 0.3) is 0 Å². The van der Waals surface area contributed by atoms with Crippen LogP contribution in [0.25, 0.3) is 0 Å². The van der Waals surface area contributed by atoms with Gasteiger partial charge in [0.05, 0.1) is 11.4 Å². The van der Waals surface area contributed by atoms with Crippen molar-refractivity contribution in [2.75, 3.05) is 7.05 Å². The third-order valence-corrected chi connectivity index (χ3v) is 2.77. The number of rotatable bonds is 1. The average Bonchev–Trinajstić information content (AvgIpc) is 2.51. The fraction of sp³-hybridized carbons (Fsp3) is 0.556. The molecule has 14 heavy (non-hydrogen) atoms. The number of carboxylic acid groups (broad SMARTS) is 1. The van der Waals surface area contributed by atoms with Crippen LogP contribution < -0.4 is 0 Å². The predicted molar refractivity (Wildman–Crippen MR) is 49.8 cm³/mol. The molecule has 1 aromatic rings. The minimum atomic E-state index is -0.811. The fourth-order valence-corrected chi connectivity index (χ4v) is 1.99. The van der Waals surface area contributed by atoms with Gasteiger partial charge in [0.2, 0.25) is 0 Å². The summed E-state index contributed by atoms with van der Waals surface area (Å²) in [6.07, 6.45) is 0. The lowest BCUT2D eigenvalue weighted by molar-refractivity contribution is -0.142. The van der Waals surface area contributed by atoms with E-state index in [1.165, 1.54) is 0 Å². The molecule has 0 aromatic carbocycles. The van der Waals surface area contributed by atoms with Crippen LogP contribution in [0, 0.1) is 6.92 Å². The quantitative estimate of drug-likeness (QED) is 0.700. The van der Waals surface area contributed by atoms with Crippen molar-refractivity contribution in [2.45, 2.75) is 19.5 Å². The maximum absolute atomic E-state index is 11.1. The van der Waals surface area contributed by atoms with E-state index in [0.29, 0.717) is 6.54 Å². The second-order valence-electron chi connectivity index (χ2n) is 3.71. The molecule has 5 nitrogen and oxygen atoms in total. The van der Waals surface area contributed by atoms with E-state index in [9.17, 15) is 4.79 Å². The Bertz CT molecular complexity index is 397. The fourth-order valence-electron chi connectivity index (χ4n) is 1.99. The minimum Gasteiger partial charge on any atom is -0.480 e. The molecule has 1 atom stereocenters. The van der Waals surface area contributed by atoms with E-state index in [-0.39, 0.29) is 0 Å². The molecule has 2 rings (SSSR count). The highest BCUT2D eigenvalue weighted by atomic mass is 16.4. The molecule has 1 unspecified atom stereocenters. The number of aromatic nitrogens is 2. The van der Waals surface area contributed by atoms with Gasteiger partial charge in [0, 0.05) is 13.6 Å². The Morgan fingerprint density at radius 3 is 2.79 bits per heavy atom. The maximum atomic E-state index is 11.1. The standard InChI is InChI=1S/C9H13N3O2/c1-5-10-6-4-11(2)8(9(13)14)7(6)12(5)3/h8H,4H2,1-3H3,(H,13,14). The highest BCUT2D eigenvalue weighted by Gasteiger charge is 2.37. The SMILES string of the molecule is Cc1nc2c(n1C)C(C(=O)O)N(C)C2. The maximum Gasteiger partial charge on any atom is 0.327 e. The molecule has 0 saturated carbocycles. The van der Waals surface area contributed by atoms with Crippen LogP contribution in [0.3, 0.4) is 0 Å². The largest absolute Gasteiger partial charge is 0.480 e. The summed E-state index contributed by atoms with van der Waals surface area (Å²) in [5.74, 6) is 0.0589. The number of aliphatic carboxylic acids is 1. The van der Waals surface area contributed by atoms with Crippen LogP contribution in [-0.2, 0) is 18.4 Å². The summed E-state index contributed by atoms with van der Waals surface area (Å²) in [6.45, 7) is 2.51. The normalized spacial score (nSPS) is 21.2. The van der Waals surface area contributed by atoms with Gasteiger partial charge < -0.3 is 9.67 Å². The molecule has 0 fully saturated rings. The Hall–Kier alpha value is -1.36. The lowest BCUT2D eigenvalue weighted by atomic mass is 10.2. The summed E-state index contributed by atoms with van der Waals surface area (Å²) in [6, 6.07) is -0.545. The number of hydrogen-bond acceptors (Lipinski definition) is 3. The van der Waals surface area contributed by atoms with Crippen LogP contribution in [-0.4, -0.2) is 32.6 Å². The molecular formula is C9H13N3O2. The molecule has 1 aliphatic rings. The molecule has 1 aliphatic heterocycles. The number of nitrogens with zero attached hydrogens (tertiary/aromatic N) is 3. The summed E-state index contributed by atoms with van der Waals surface area (Å²) < 4.78 is 1.86. The van der Waals surface area contributed by atoms with Crippen molar-refractivity contribution < 1.29 is 9.90 Å². The molecule has 76 valence electrons. The highest BCUT2D eigenvalue weighted by Crippen LogP contribution is 2.32. The van der Waals surface area contributed by atoms with Gasteiger partial charge in [0.15, 0.2) is 6.04 Å². The summed E-state index contributed by atoms with van der Waals surface area (Å²) in [5.41, 5.74) is 1.71. The van der Waals surface area contributed by atoms with Gasteiger partial charge in [0.1, 0.15) is 5.82 Å². The average molecular weight is 195 g/mol. The summed E-state index contributed by atoms with van der Waals surface area (Å²) in [5, 5.41) is 9.08. The van der Waals surface area contributed by atoms with Crippen LogP contribution >= 0.6 is 0 Å². The second-order valence-corrected chi connectivity index (χ2v) is 3.71. The van der Waals surface area contributed by atoms with Gasteiger partial charge in [-0.25, -0.2) is 4.98 Å². The van der Waals surface area contributed by atoms with Crippen molar-refractivity contribution in [1.82, 2.24) is 14.5 Å². The van der Waals surface area contributed by atoms with E-state index in [4.69, 9.17) is 5.11 Å². The van der Waals surface area contributed by atoms with E-state index >= 15 is 0 Å². The molecule has 0 aliphatic carbocycles. The van der Waals surface area contributed by atoms with Gasteiger partial charge >= 0.3 is 5.97 Å². The number of imidazole rings is 1. The van der Waals surface area contributed by atoms with Crippen LogP contribution in [0.1, 0.15) is 23.3 Å². The van der Waals surface area contributed by atoms with E-state index in [2.05, 4.69) is 4.98 Å². The molecule has 2 heterocycles. The number of carboxylic acids is 1. The third kappa shape index (κ3) is 1.05. The molecule has 1 aromatic heterocycles. The highest BCUT2D eigenvalue weighted by molar-refractivity contribution is 5.76. The monoisotopic (exact) mass is 195 g/mol. The van der Waals surface area contributed by atoms with E-state index < -0.39 is 12.0 Å². The van der Waals surface area contributed by atoms with Crippen molar-refractivity contribution in [1.29, 1.82) is 0 Å². The summed E-state index contributed by atoms with van der Waals surface area (Å²) in [4.78, 5) is 17.2. The number of hydrogen-bond donors (Lipinski definition) is 1. The first-order valence-electron chi connectivity index (χ1n) is 4.47. The van der Waals surface area contributed by atoms with Gasteiger partial charge in [-0.1, -0.05) is 0 Å². The lowest BCUT2D eigenvalue weighted by Gasteiger charge is -2.16. The molecule has 0 radical (unpaired) electrons. The Morgan fingerprint density at radius 1 is 1.57 bits per heavy atom. The zero-order valence-corrected chi connectivity index (χ0v) is 8.48. The molecule has 0 saturated heterocycles. The Morgan fingerprint density at radius 2 is 2.21 bits per heavy atom.